The van der Waals surface area contributed by atoms with Crippen LogP contribution in [0.4, 0.5) is 0 Å². The number of nitrogens with zero attached hydrogens (tertiary/aromatic N) is 1. The molecule has 1 heterocycles. The maximum atomic E-state index is 6.76. The molecule has 0 spiro atoms. The smallest absolute Gasteiger partial charge is 0.193 e. The Hall–Kier alpha value is -0.973. The third kappa shape index (κ3) is 7.17. The monoisotopic (exact) mass is 403 g/mol. The molecular weight excluding hydrogens is 366 g/mol. The third-order valence-electron chi connectivity index (χ3n) is 5.68. The molecule has 2 nitrogen and oxygen atoms in total. The molecule has 2 rings (SSSR count). The van der Waals surface area contributed by atoms with Crippen molar-refractivity contribution in [2.24, 2.45) is 0 Å². The van der Waals surface area contributed by atoms with Gasteiger partial charge in [-0.05, 0) is 49.9 Å². The van der Waals surface area contributed by atoms with Crippen LogP contribution in [0.3, 0.4) is 0 Å². The molecule has 0 fully saturated rings. The van der Waals surface area contributed by atoms with Gasteiger partial charge in [-0.1, -0.05) is 70.4 Å². The molecule has 0 bridgehead atoms. The van der Waals surface area contributed by atoms with Crippen LogP contribution in [0, 0.1) is 6.92 Å². The fourth-order valence-corrected chi connectivity index (χ4v) is 5.16. The molecule has 2 aromatic rings. The normalized spacial score (nSPS) is 13.7. The van der Waals surface area contributed by atoms with Crippen molar-refractivity contribution in [3.8, 4) is 0 Å². The Kier molecular flexibility index (Phi) is 8.26. The topological polar surface area (TPSA) is 22.1 Å². The van der Waals surface area contributed by atoms with Crippen LogP contribution in [0.1, 0.15) is 74.4 Å². The first-order chi connectivity index (χ1) is 12.7. The zero-order valence-electron chi connectivity index (χ0n) is 18.0. The number of thiazole rings is 1. The molecule has 0 aliphatic rings. The molecule has 1 aromatic carbocycles. The van der Waals surface area contributed by atoms with Crippen LogP contribution in [0.25, 0.3) is 0 Å². The van der Waals surface area contributed by atoms with E-state index in [0.29, 0.717) is 0 Å². The van der Waals surface area contributed by atoms with Crippen LogP contribution >= 0.6 is 11.3 Å². The van der Waals surface area contributed by atoms with E-state index in [2.05, 4.69) is 76.1 Å². The fourth-order valence-electron chi connectivity index (χ4n) is 2.94. The molecule has 0 saturated heterocycles. The number of hydrogen-bond acceptors (Lipinski definition) is 3. The Morgan fingerprint density at radius 2 is 1.70 bits per heavy atom. The minimum absolute atomic E-state index is 0.165. The van der Waals surface area contributed by atoms with Gasteiger partial charge >= 0.3 is 0 Å². The number of rotatable bonds is 10. The first-order valence-corrected chi connectivity index (χ1v) is 14.1. The first-order valence-electron chi connectivity index (χ1n) is 10.3. The molecular formula is C23H37NOSSi. The van der Waals surface area contributed by atoms with E-state index in [9.17, 15) is 0 Å². The number of hydrogen-bond donors (Lipinski definition) is 0. The molecule has 0 N–H and O–H groups in total. The molecule has 1 aromatic heterocycles. The maximum Gasteiger partial charge on any atom is 0.193 e. The summed E-state index contributed by atoms with van der Waals surface area (Å²) in [6.07, 6.45) is 9.48. The summed E-state index contributed by atoms with van der Waals surface area (Å²) in [4.78, 5) is 5.93. The fraction of sp³-hybridized carbons (Fsp3) is 0.609. The summed E-state index contributed by atoms with van der Waals surface area (Å²) in [6.45, 7) is 13.8. The van der Waals surface area contributed by atoms with Crippen LogP contribution in [0.15, 0.2) is 36.5 Å². The van der Waals surface area contributed by atoms with Crippen molar-refractivity contribution in [1.29, 1.82) is 0 Å². The summed E-state index contributed by atoms with van der Waals surface area (Å²) in [5, 5.41) is 1.40. The molecule has 0 radical (unpaired) electrons. The Balaban J connectivity index is 1.83. The predicted octanol–water partition coefficient (Wildman–Crippen LogP) is 7.71. The summed E-state index contributed by atoms with van der Waals surface area (Å²) < 4.78 is 6.76. The zero-order valence-corrected chi connectivity index (χ0v) is 19.9. The summed E-state index contributed by atoms with van der Waals surface area (Å²) >= 11 is 1.80. The molecule has 0 amide bonds. The highest BCUT2D eigenvalue weighted by molar-refractivity contribution is 7.11. The lowest BCUT2D eigenvalue weighted by atomic mass is 10.0. The second-order valence-corrected chi connectivity index (χ2v) is 15.1. The van der Waals surface area contributed by atoms with Crippen LogP contribution in [0.5, 0.6) is 0 Å². The van der Waals surface area contributed by atoms with Crippen molar-refractivity contribution in [3.63, 3.8) is 0 Å². The van der Waals surface area contributed by atoms with E-state index in [4.69, 9.17) is 4.43 Å². The van der Waals surface area contributed by atoms with E-state index < -0.39 is 8.32 Å². The molecule has 0 aliphatic carbocycles. The van der Waals surface area contributed by atoms with E-state index in [1.807, 2.05) is 6.20 Å². The molecule has 1 unspecified atom stereocenters. The molecule has 150 valence electrons. The van der Waals surface area contributed by atoms with Crippen LogP contribution in [-0.2, 0) is 10.8 Å². The Labute approximate surface area is 171 Å². The zero-order chi connectivity index (χ0) is 19.9. The van der Waals surface area contributed by atoms with Crippen molar-refractivity contribution >= 4 is 19.7 Å². The van der Waals surface area contributed by atoms with Gasteiger partial charge in [0.25, 0.3) is 0 Å². The Morgan fingerprint density at radius 3 is 2.30 bits per heavy atom. The summed E-state index contributed by atoms with van der Waals surface area (Å²) in [5.74, 6) is 0. The first kappa shape index (κ1) is 22.3. The second-order valence-electron chi connectivity index (χ2n) is 9.11. The van der Waals surface area contributed by atoms with Gasteiger partial charge in [-0.25, -0.2) is 4.98 Å². The lowest BCUT2D eigenvalue weighted by molar-refractivity contribution is 0.169. The van der Waals surface area contributed by atoms with Gasteiger partial charge in [0.1, 0.15) is 5.01 Å². The van der Waals surface area contributed by atoms with Gasteiger partial charge in [-0.3, -0.25) is 0 Å². The summed E-state index contributed by atoms with van der Waals surface area (Å²) in [5.41, 5.74) is 1.45. The standard InChI is InChI=1S/C23H37NOSSi/c1-19-18-24-22(26-19)21(25-27(5,6)23(2,3)4)17-13-8-7-10-14-20-15-11-9-12-16-20/h9,11-12,15-16,18,21H,7-8,10,13-14,17H2,1-6H3. The number of benzene rings is 1. The number of unbranched alkanes of at least 4 members (excludes halogenated alkanes) is 3. The average molecular weight is 404 g/mol. The minimum Gasteiger partial charge on any atom is -0.407 e. The van der Waals surface area contributed by atoms with Crippen molar-refractivity contribution in [1.82, 2.24) is 4.98 Å². The maximum absolute atomic E-state index is 6.76. The average Bonchev–Trinajstić information content (AvgIpc) is 3.03. The lowest BCUT2D eigenvalue weighted by Crippen LogP contribution is -2.41. The van der Waals surface area contributed by atoms with Gasteiger partial charge in [0.15, 0.2) is 8.32 Å². The van der Waals surface area contributed by atoms with E-state index >= 15 is 0 Å². The third-order valence-corrected chi connectivity index (χ3v) is 11.2. The highest BCUT2D eigenvalue weighted by Gasteiger charge is 2.39. The number of aromatic nitrogens is 1. The molecule has 0 aliphatic heterocycles. The van der Waals surface area contributed by atoms with Gasteiger partial charge in [-0.2, -0.15) is 0 Å². The summed E-state index contributed by atoms with van der Waals surface area (Å²) in [6, 6.07) is 10.8. The largest absolute Gasteiger partial charge is 0.407 e. The van der Waals surface area contributed by atoms with E-state index in [-0.39, 0.29) is 11.1 Å². The van der Waals surface area contributed by atoms with Gasteiger partial charge in [0.2, 0.25) is 0 Å². The van der Waals surface area contributed by atoms with Gasteiger partial charge < -0.3 is 4.43 Å². The van der Waals surface area contributed by atoms with Crippen LogP contribution in [0.2, 0.25) is 18.1 Å². The highest BCUT2D eigenvalue weighted by Crippen LogP contribution is 2.41. The van der Waals surface area contributed by atoms with E-state index in [1.54, 1.807) is 11.3 Å². The van der Waals surface area contributed by atoms with Crippen LogP contribution in [-0.4, -0.2) is 13.3 Å². The molecule has 1 atom stereocenters. The van der Waals surface area contributed by atoms with Crippen LogP contribution < -0.4 is 0 Å². The van der Waals surface area contributed by atoms with Crippen molar-refractivity contribution in [2.75, 3.05) is 0 Å². The molecule has 4 heteroatoms. The minimum atomic E-state index is -1.79. The second kappa shape index (κ2) is 9.99. The quantitative estimate of drug-likeness (QED) is 0.299. The highest BCUT2D eigenvalue weighted by atomic mass is 32.1. The molecule has 27 heavy (non-hydrogen) atoms. The number of aryl methyl sites for hydroxylation is 2. The van der Waals surface area contributed by atoms with Gasteiger partial charge in [0.05, 0.1) is 6.10 Å². The SMILES string of the molecule is Cc1cnc(C(CCCCCCc2ccccc2)O[Si](C)(C)C(C)(C)C)s1. The van der Waals surface area contributed by atoms with Crippen molar-refractivity contribution < 1.29 is 4.43 Å². The molecule has 0 saturated carbocycles. The van der Waals surface area contributed by atoms with Gasteiger partial charge in [0, 0.05) is 11.1 Å². The van der Waals surface area contributed by atoms with Crippen molar-refractivity contribution in [3.05, 3.63) is 52.0 Å². The summed E-state index contributed by atoms with van der Waals surface area (Å²) in [7, 11) is -1.79. The van der Waals surface area contributed by atoms with E-state index in [0.717, 1.165) is 6.42 Å². The lowest BCUT2D eigenvalue weighted by Gasteiger charge is -2.39. The van der Waals surface area contributed by atoms with Crippen molar-refractivity contribution in [2.45, 2.75) is 90.5 Å². The Bertz CT molecular complexity index is 675. The Morgan fingerprint density at radius 1 is 1.04 bits per heavy atom. The van der Waals surface area contributed by atoms with E-state index in [1.165, 1.54) is 47.6 Å². The van der Waals surface area contributed by atoms with Gasteiger partial charge in [-0.15, -0.1) is 11.3 Å². The predicted molar refractivity (Wildman–Crippen MR) is 121 cm³/mol.